The Morgan fingerprint density at radius 2 is 2.15 bits per heavy atom. The monoisotopic (exact) mass is 396 g/mol. The van der Waals surface area contributed by atoms with E-state index in [4.69, 9.17) is 11.6 Å². The zero-order valence-electron chi connectivity index (χ0n) is 15.8. The van der Waals surface area contributed by atoms with Crippen LogP contribution in [-0.4, -0.2) is 56.8 Å². The number of aliphatic imine (C=N–C) groups is 1. The van der Waals surface area contributed by atoms with Gasteiger partial charge in [-0.1, -0.05) is 23.7 Å². The number of thioether (sulfide) groups is 1. The summed E-state index contributed by atoms with van der Waals surface area (Å²) in [6.07, 6.45) is 4.78. The predicted octanol–water partition coefficient (Wildman–Crippen LogP) is 3.17. The molecule has 0 bridgehead atoms. The summed E-state index contributed by atoms with van der Waals surface area (Å²) in [5.41, 5.74) is 1.22. The molecule has 1 fully saturated rings. The second-order valence-corrected chi connectivity index (χ2v) is 7.99. The molecule has 1 amide bonds. The van der Waals surface area contributed by atoms with Crippen LogP contribution in [0.15, 0.2) is 29.3 Å². The number of likely N-dealkylation sites (tertiary alicyclic amines) is 1. The number of nitrogens with zero attached hydrogens (tertiary/aromatic N) is 2. The molecule has 1 aromatic rings. The second-order valence-electron chi connectivity index (χ2n) is 6.52. The molecular weight excluding hydrogens is 368 g/mol. The van der Waals surface area contributed by atoms with Gasteiger partial charge in [0.25, 0.3) is 0 Å². The summed E-state index contributed by atoms with van der Waals surface area (Å²) < 4.78 is 0. The van der Waals surface area contributed by atoms with Gasteiger partial charge in [-0.05, 0) is 42.7 Å². The number of hydrogen-bond acceptors (Lipinski definition) is 3. The zero-order valence-corrected chi connectivity index (χ0v) is 17.4. The van der Waals surface area contributed by atoms with Gasteiger partial charge in [0.15, 0.2) is 5.96 Å². The number of guanidine groups is 1. The van der Waals surface area contributed by atoms with Gasteiger partial charge in [0.1, 0.15) is 0 Å². The average molecular weight is 397 g/mol. The van der Waals surface area contributed by atoms with E-state index in [2.05, 4.69) is 32.8 Å². The highest BCUT2D eigenvalue weighted by molar-refractivity contribution is 7.98. The molecule has 1 aromatic carbocycles. The number of carbonyl (C=O) groups is 1. The number of amides is 1. The third-order valence-corrected chi connectivity index (χ3v) is 6.07. The van der Waals surface area contributed by atoms with Crippen LogP contribution in [0.25, 0.3) is 0 Å². The van der Waals surface area contributed by atoms with Crippen LogP contribution in [0.4, 0.5) is 0 Å². The number of benzene rings is 1. The second kappa shape index (κ2) is 10.7. The van der Waals surface area contributed by atoms with Crippen LogP contribution in [0.2, 0.25) is 5.02 Å². The molecule has 0 spiro atoms. The van der Waals surface area contributed by atoms with E-state index in [1.807, 2.05) is 25.2 Å². The van der Waals surface area contributed by atoms with E-state index in [0.717, 1.165) is 43.5 Å². The first kappa shape index (κ1) is 20.9. The Balaban J connectivity index is 1.87. The van der Waals surface area contributed by atoms with Crippen LogP contribution in [-0.2, 0) is 4.79 Å². The summed E-state index contributed by atoms with van der Waals surface area (Å²) in [7, 11) is 3.53. The van der Waals surface area contributed by atoms with Crippen LogP contribution < -0.4 is 10.6 Å². The number of rotatable bonds is 6. The highest BCUT2D eigenvalue weighted by atomic mass is 35.5. The number of piperidine rings is 1. The van der Waals surface area contributed by atoms with Gasteiger partial charge in [0.2, 0.25) is 5.91 Å². The van der Waals surface area contributed by atoms with Crippen LogP contribution >= 0.6 is 23.4 Å². The first-order valence-electron chi connectivity index (χ1n) is 9.01. The summed E-state index contributed by atoms with van der Waals surface area (Å²) in [6, 6.07) is 8.03. The standard InChI is InChI=1S/C19H29ClN4OS/c1-21-18(25)11-14-7-9-24(10-8-14)19(22-2)23-13-17(26-3)15-5-4-6-16(20)12-15/h4-6,12,14,17H,7-11,13H2,1-3H3,(H,21,25)(H,22,23). The maximum absolute atomic E-state index is 11.5. The molecule has 2 N–H and O–H groups in total. The van der Waals surface area contributed by atoms with Gasteiger partial charge in [0.05, 0.1) is 0 Å². The third kappa shape index (κ3) is 6.09. The van der Waals surface area contributed by atoms with Crippen molar-refractivity contribution >= 4 is 35.2 Å². The van der Waals surface area contributed by atoms with E-state index in [9.17, 15) is 4.79 Å². The first-order chi connectivity index (χ1) is 12.6. The van der Waals surface area contributed by atoms with Crippen LogP contribution in [0.3, 0.4) is 0 Å². The van der Waals surface area contributed by atoms with Gasteiger partial charge in [-0.15, -0.1) is 0 Å². The molecule has 0 aliphatic carbocycles. The molecule has 1 unspecified atom stereocenters. The molecule has 0 saturated carbocycles. The smallest absolute Gasteiger partial charge is 0.220 e. The minimum absolute atomic E-state index is 0.135. The Kier molecular flexibility index (Phi) is 8.59. The van der Waals surface area contributed by atoms with E-state index in [0.29, 0.717) is 17.6 Å². The van der Waals surface area contributed by atoms with Crippen LogP contribution in [0.5, 0.6) is 0 Å². The fraction of sp³-hybridized carbons (Fsp3) is 0.579. The van der Waals surface area contributed by atoms with Gasteiger partial charge in [-0.25, -0.2) is 0 Å². The molecule has 1 heterocycles. The lowest BCUT2D eigenvalue weighted by Crippen LogP contribution is -2.46. The molecule has 0 radical (unpaired) electrons. The van der Waals surface area contributed by atoms with Gasteiger partial charge >= 0.3 is 0 Å². The van der Waals surface area contributed by atoms with Crippen molar-refractivity contribution in [1.29, 1.82) is 0 Å². The number of halogens is 1. The SMILES string of the molecule is CN=C(NCC(SC)c1cccc(Cl)c1)N1CCC(CC(=O)NC)CC1. The molecule has 2 rings (SSSR count). The zero-order chi connectivity index (χ0) is 18.9. The van der Waals surface area contributed by atoms with Crippen molar-refractivity contribution in [2.75, 3.05) is 40.0 Å². The third-order valence-electron chi connectivity index (χ3n) is 4.83. The predicted molar refractivity (Wildman–Crippen MR) is 112 cm³/mol. The molecule has 1 aliphatic rings. The minimum atomic E-state index is 0.135. The van der Waals surface area contributed by atoms with Gasteiger partial charge in [-0.2, -0.15) is 11.8 Å². The van der Waals surface area contributed by atoms with Crippen molar-refractivity contribution in [1.82, 2.24) is 15.5 Å². The number of carbonyl (C=O) groups excluding carboxylic acids is 1. The fourth-order valence-corrected chi connectivity index (χ4v) is 4.14. The summed E-state index contributed by atoms with van der Waals surface area (Å²) in [6.45, 7) is 2.66. The lowest BCUT2D eigenvalue weighted by molar-refractivity contribution is -0.121. The summed E-state index contributed by atoms with van der Waals surface area (Å²) in [4.78, 5) is 18.3. The maximum Gasteiger partial charge on any atom is 0.220 e. The molecule has 5 nitrogen and oxygen atoms in total. The lowest BCUT2D eigenvalue weighted by atomic mass is 9.93. The molecule has 1 saturated heterocycles. The van der Waals surface area contributed by atoms with Crippen molar-refractivity contribution in [2.24, 2.45) is 10.9 Å². The Morgan fingerprint density at radius 3 is 2.73 bits per heavy atom. The summed E-state index contributed by atoms with van der Waals surface area (Å²) in [5, 5.41) is 7.31. The maximum atomic E-state index is 11.5. The Morgan fingerprint density at radius 1 is 1.42 bits per heavy atom. The molecule has 144 valence electrons. The van der Waals surface area contributed by atoms with Crippen molar-refractivity contribution in [3.8, 4) is 0 Å². The van der Waals surface area contributed by atoms with E-state index in [1.54, 1.807) is 18.8 Å². The molecule has 7 heteroatoms. The quantitative estimate of drug-likeness (QED) is 0.572. The Hall–Kier alpha value is -1.40. The van der Waals surface area contributed by atoms with Crippen molar-refractivity contribution in [3.63, 3.8) is 0 Å². The van der Waals surface area contributed by atoms with Gasteiger partial charge < -0.3 is 15.5 Å². The highest BCUT2D eigenvalue weighted by Crippen LogP contribution is 2.28. The van der Waals surface area contributed by atoms with Crippen LogP contribution in [0.1, 0.15) is 30.1 Å². The fourth-order valence-electron chi connectivity index (χ4n) is 3.27. The topological polar surface area (TPSA) is 56.7 Å². The van der Waals surface area contributed by atoms with E-state index in [-0.39, 0.29) is 5.91 Å². The van der Waals surface area contributed by atoms with Crippen LogP contribution in [0, 0.1) is 5.92 Å². The van der Waals surface area contributed by atoms with Gasteiger partial charge in [0, 0.05) is 50.4 Å². The largest absolute Gasteiger partial charge is 0.359 e. The van der Waals surface area contributed by atoms with E-state index >= 15 is 0 Å². The van der Waals surface area contributed by atoms with Crippen molar-refractivity contribution < 1.29 is 4.79 Å². The highest BCUT2D eigenvalue weighted by Gasteiger charge is 2.23. The molecular formula is C19H29ClN4OS. The van der Waals surface area contributed by atoms with Crippen molar-refractivity contribution in [3.05, 3.63) is 34.9 Å². The molecule has 0 aromatic heterocycles. The van der Waals surface area contributed by atoms with E-state index in [1.165, 1.54) is 5.56 Å². The lowest BCUT2D eigenvalue weighted by Gasteiger charge is -2.34. The Bertz CT molecular complexity index is 617. The normalized spacial score (nSPS) is 17.1. The molecule has 1 atom stereocenters. The Labute approximate surface area is 166 Å². The first-order valence-corrected chi connectivity index (χ1v) is 10.7. The average Bonchev–Trinajstić information content (AvgIpc) is 2.66. The number of hydrogen-bond donors (Lipinski definition) is 2. The van der Waals surface area contributed by atoms with E-state index < -0.39 is 0 Å². The molecule has 1 aliphatic heterocycles. The summed E-state index contributed by atoms with van der Waals surface area (Å²) >= 11 is 7.93. The molecule has 26 heavy (non-hydrogen) atoms. The number of nitrogens with one attached hydrogen (secondary N) is 2. The van der Waals surface area contributed by atoms with Gasteiger partial charge in [-0.3, -0.25) is 9.79 Å². The minimum Gasteiger partial charge on any atom is -0.359 e. The van der Waals surface area contributed by atoms with Crippen molar-refractivity contribution in [2.45, 2.75) is 24.5 Å². The summed E-state index contributed by atoms with van der Waals surface area (Å²) in [5.74, 6) is 1.54.